The molecule has 3 rings (SSSR count). The Labute approximate surface area is 139 Å². The van der Waals surface area contributed by atoms with Crippen LogP contribution in [0.1, 0.15) is 50.7 Å². The van der Waals surface area contributed by atoms with Crippen LogP contribution in [0.2, 0.25) is 0 Å². The molecule has 1 heterocycles. The number of hydrogen-bond donors (Lipinski definition) is 1. The molecule has 1 aromatic carbocycles. The van der Waals surface area contributed by atoms with E-state index in [9.17, 15) is 0 Å². The Hall–Kier alpha value is -1.25. The second-order valence-electron chi connectivity index (χ2n) is 6.05. The third-order valence-electron chi connectivity index (χ3n) is 4.39. The van der Waals surface area contributed by atoms with Crippen molar-refractivity contribution in [1.29, 1.82) is 0 Å². The number of halogens is 1. The lowest BCUT2D eigenvalue weighted by atomic mass is 9.97. The molecule has 2 nitrogen and oxygen atoms in total. The van der Waals surface area contributed by atoms with Crippen molar-refractivity contribution >= 4 is 12.4 Å². The first-order valence-electron chi connectivity index (χ1n) is 8.29. The van der Waals surface area contributed by atoms with Crippen molar-refractivity contribution in [1.82, 2.24) is 5.32 Å². The normalized spacial score (nSPS) is 16.5. The van der Waals surface area contributed by atoms with Gasteiger partial charge in [-0.05, 0) is 25.0 Å². The lowest BCUT2D eigenvalue weighted by molar-refractivity contribution is 0.373. The van der Waals surface area contributed by atoms with Gasteiger partial charge in [0.15, 0.2) is 0 Å². The highest BCUT2D eigenvalue weighted by molar-refractivity contribution is 5.85. The maximum absolute atomic E-state index is 5.95. The molecule has 1 aliphatic rings. The second-order valence-corrected chi connectivity index (χ2v) is 6.05. The molecule has 0 radical (unpaired) electrons. The van der Waals surface area contributed by atoms with E-state index in [1.54, 1.807) is 0 Å². The molecule has 1 N–H and O–H groups in total. The molecule has 0 saturated heterocycles. The van der Waals surface area contributed by atoms with E-state index in [1.165, 1.54) is 44.9 Å². The number of furan rings is 1. The van der Waals surface area contributed by atoms with Gasteiger partial charge in [-0.25, -0.2) is 0 Å². The van der Waals surface area contributed by atoms with Crippen LogP contribution >= 0.6 is 12.4 Å². The summed E-state index contributed by atoms with van der Waals surface area (Å²) in [5.74, 6) is 2.00. The van der Waals surface area contributed by atoms with Gasteiger partial charge < -0.3 is 9.73 Å². The lowest BCUT2D eigenvalue weighted by Gasteiger charge is -2.20. The Balaban J connectivity index is 0.00000176. The minimum Gasteiger partial charge on any atom is -0.460 e. The molecule has 1 saturated carbocycles. The van der Waals surface area contributed by atoms with E-state index in [0.717, 1.165) is 23.6 Å². The molecule has 22 heavy (non-hydrogen) atoms. The quantitative estimate of drug-likeness (QED) is 0.796. The van der Waals surface area contributed by atoms with Gasteiger partial charge >= 0.3 is 0 Å². The van der Waals surface area contributed by atoms with E-state index in [-0.39, 0.29) is 12.4 Å². The van der Waals surface area contributed by atoms with Gasteiger partial charge in [-0.3, -0.25) is 0 Å². The van der Waals surface area contributed by atoms with Gasteiger partial charge in [0.2, 0.25) is 0 Å². The maximum Gasteiger partial charge on any atom is 0.134 e. The highest BCUT2D eigenvalue weighted by Crippen LogP contribution is 2.22. The van der Waals surface area contributed by atoms with Crippen LogP contribution in [0.5, 0.6) is 0 Å². The predicted octanol–water partition coefficient (Wildman–Crippen LogP) is 5.57. The van der Waals surface area contributed by atoms with Crippen LogP contribution in [-0.2, 0) is 6.54 Å². The van der Waals surface area contributed by atoms with Gasteiger partial charge in [0.05, 0.1) is 6.54 Å². The van der Waals surface area contributed by atoms with E-state index in [2.05, 4.69) is 29.6 Å². The van der Waals surface area contributed by atoms with Crippen LogP contribution < -0.4 is 5.32 Å². The number of nitrogens with one attached hydrogen (secondary N) is 1. The lowest BCUT2D eigenvalue weighted by Crippen LogP contribution is -2.29. The van der Waals surface area contributed by atoms with Crippen molar-refractivity contribution in [3.8, 4) is 11.3 Å². The van der Waals surface area contributed by atoms with Crippen molar-refractivity contribution in [2.24, 2.45) is 0 Å². The van der Waals surface area contributed by atoms with Crippen LogP contribution in [0.15, 0.2) is 46.9 Å². The van der Waals surface area contributed by atoms with E-state index >= 15 is 0 Å². The van der Waals surface area contributed by atoms with E-state index in [1.807, 2.05) is 18.2 Å². The summed E-state index contributed by atoms with van der Waals surface area (Å²) in [6, 6.07) is 15.1. The highest BCUT2D eigenvalue weighted by atomic mass is 35.5. The average molecular weight is 320 g/mol. The van der Waals surface area contributed by atoms with Crippen molar-refractivity contribution in [3.05, 3.63) is 48.2 Å². The molecular weight excluding hydrogens is 294 g/mol. The van der Waals surface area contributed by atoms with Crippen LogP contribution in [-0.4, -0.2) is 6.04 Å². The summed E-state index contributed by atoms with van der Waals surface area (Å²) in [7, 11) is 0. The molecule has 1 aliphatic carbocycles. The van der Waals surface area contributed by atoms with E-state index in [4.69, 9.17) is 4.42 Å². The molecule has 0 aliphatic heterocycles. The van der Waals surface area contributed by atoms with Crippen molar-refractivity contribution in [2.75, 3.05) is 0 Å². The summed E-state index contributed by atoms with van der Waals surface area (Å²) in [6.45, 7) is 0.845. The topological polar surface area (TPSA) is 25.2 Å². The van der Waals surface area contributed by atoms with Gasteiger partial charge in [0.25, 0.3) is 0 Å². The third-order valence-corrected chi connectivity index (χ3v) is 4.39. The van der Waals surface area contributed by atoms with Gasteiger partial charge in [0.1, 0.15) is 11.5 Å². The zero-order valence-electron chi connectivity index (χ0n) is 13.1. The van der Waals surface area contributed by atoms with Crippen LogP contribution in [0.4, 0.5) is 0 Å². The smallest absolute Gasteiger partial charge is 0.134 e. The Kier molecular flexibility index (Phi) is 7.01. The summed E-state index contributed by atoms with van der Waals surface area (Å²) < 4.78 is 5.95. The van der Waals surface area contributed by atoms with Crippen LogP contribution in [0, 0.1) is 0 Å². The Morgan fingerprint density at radius 3 is 2.27 bits per heavy atom. The minimum atomic E-state index is 0. The summed E-state index contributed by atoms with van der Waals surface area (Å²) in [6.07, 6.45) is 9.58. The van der Waals surface area contributed by atoms with Crippen molar-refractivity contribution in [2.45, 2.75) is 57.5 Å². The summed E-state index contributed by atoms with van der Waals surface area (Å²) in [5.41, 5.74) is 1.15. The summed E-state index contributed by atoms with van der Waals surface area (Å²) in [4.78, 5) is 0. The minimum absolute atomic E-state index is 0. The molecule has 0 amide bonds. The molecule has 3 heteroatoms. The fraction of sp³-hybridized carbons (Fsp3) is 0.474. The molecule has 1 fully saturated rings. The summed E-state index contributed by atoms with van der Waals surface area (Å²) in [5, 5.41) is 3.68. The van der Waals surface area contributed by atoms with Crippen molar-refractivity contribution in [3.63, 3.8) is 0 Å². The van der Waals surface area contributed by atoms with E-state index in [0.29, 0.717) is 6.04 Å². The van der Waals surface area contributed by atoms with Gasteiger partial charge in [-0.15, -0.1) is 12.4 Å². The Bertz CT molecular complexity index is 529. The zero-order valence-corrected chi connectivity index (χ0v) is 13.9. The molecule has 0 bridgehead atoms. The third kappa shape index (κ3) is 4.89. The summed E-state index contributed by atoms with van der Waals surface area (Å²) >= 11 is 0. The largest absolute Gasteiger partial charge is 0.460 e. The average Bonchev–Trinajstić information content (AvgIpc) is 2.96. The number of benzene rings is 1. The monoisotopic (exact) mass is 319 g/mol. The molecule has 1 aromatic heterocycles. The molecule has 0 spiro atoms. The van der Waals surface area contributed by atoms with Gasteiger partial charge in [-0.2, -0.15) is 0 Å². The van der Waals surface area contributed by atoms with Gasteiger partial charge in [0, 0.05) is 11.6 Å². The zero-order chi connectivity index (χ0) is 14.3. The standard InChI is InChI=1S/C19H25NO.ClH/c1-2-7-11-17(12-8-3-1)20-15-18-13-14-19(21-18)16-9-5-4-6-10-16;/h4-6,9-10,13-14,17,20H,1-3,7-8,11-12,15H2;1H. The first-order valence-corrected chi connectivity index (χ1v) is 8.29. The van der Waals surface area contributed by atoms with Crippen molar-refractivity contribution < 1.29 is 4.42 Å². The predicted molar refractivity (Wildman–Crippen MR) is 94.3 cm³/mol. The second kappa shape index (κ2) is 9.02. The molecular formula is C19H26ClNO. The number of rotatable bonds is 4. The molecule has 0 atom stereocenters. The fourth-order valence-corrected chi connectivity index (χ4v) is 3.14. The molecule has 120 valence electrons. The van der Waals surface area contributed by atoms with E-state index < -0.39 is 0 Å². The first kappa shape index (κ1) is 17.1. The number of hydrogen-bond acceptors (Lipinski definition) is 2. The van der Waals surface area contributed by atoms with Crippen LogP contribution in [0.3, 0.4) is 0 Å². The molecule has 0 unspecified atom stereocenters. The Morgan fingerprint density at radius 2 is 1.55 bits per heavy atom. The first-order chi connectivity index (χ1) is 10.4. The molecule has 2 aromatic rings. The van der Waals surface area contributed by atoms with Crippen LogP contribution in [0.25, 0.3) is 11.3 Å². The fourth-order valence-electron chi connectivity index (χ4n) is 3.14. The van der Waals surface area contributed by atoms with Gasteiger partial charge in [-0.1, -0.05) is 62.4 Å². The maximum atomic E-state index is 5.95. The SMILES string of the molecule is Cl.c1ccc(-c2ccc(CNC3CCCCCCC3)o2)cc1. The highest BCUT2D eigenvalue weighted by Gasteiger charge is 2.12. The Morgan fingerprint density at radius 1 is 0.864 bits per heavy atom.